The zero-order chi connectivity index (χ0) is 10.6. The second kappa shape index (κ2) is 4.87. The number of hydrogen-bond acceptors (Lipinski definition) is 3. The SMILES string of the molecule is COc1ccc(CCC#N)c(Br)c1O. The van der Waals surface area contributed by atoms with E-state index >= 15 is 0 Å². The Kier molecular flexibility index (Phi) is 3.78. The van der Waals surface area contributed by atoms with E-state index in [9.17, 15) is 5.11 Å². The van der Waals surface area contributed by atoms with Crippen molar-refractivity contribution in [3.63, 3.8) is 0 Å². The first kappa shape index (κ1) is 10.9. The van der Waals surface area contributed by atoms with Gasteiger partial charge in [-0.1, -0.05) is 6.07 Å². The molecule has 0 aliphatic rings. The number of aromatic hydroxyl groups is 1. The number of ether oxygens (including phenoxy) is 1. The summed E-state index contributed by atoms with van der Waals surface area (Å²) < 4.78 is 5.54. The second-order valence-corrected chi connectivity index (χ2v) is 3.54. The monoisotopic (exact) mass is 255 g/mol. The van der Waals surface area contributed by atoms with Crippen LogP contribution in [-0.2, 0) is 6.42 Å². The van der Waals surface area contributed by atoms with Crippen molar-refractivity contribution < 1.29 is 9.84 Å². The first-order valence-corrected chi connectivity index (χ1v) is 4.91. The van der Waals surface area contributed by atoms with Gasteiger partial charge in [0.2, 0.25) is 0 Å². The third-order valence-electron chi connectivity index (χ3n) is 1.89. The Morgan fingerprint density at radius 1 is 1.57 bits per heavy atom. The number of halogens is 1. The Bertz CT molecular complexity index is 371. The number of benzene rings is 1. The topological polar surface area (TPSA) is 53.2 Å². The van der Waals surface area contributed by atoms with E-state index in [1.165, 1.54) is 7.11 Å². The second-order valence-electron chi connectivity index (χ2n) is 2.75. The minimum absolute atomic E-state index is 0.0861. The molecule has 0 aliphatic carbocycles. The molecule has 0 saturated heterocycles. The molecule has 4 heteroatoms. The van der Waals surface area contributed by atoms with Crippen LogP contribution in [0.15, 0.2) is 16.6 Å². The smallest absolute Gasteiger partial charge is 0.172 e. The summed E-state index contributed by atoms with van der Waals surface area (Å²) in [5.41, 5.74) is 0.907. The zero-order valence-electron chi connectivity index (χ0n) is 7.75. The Balaban J connectivity index is 2.99. The van der Waals surface area contributed by atoms with Crippen molar-refractivity contribution >= 4 is 15.9 Å². The van der Waals surface area contributed by atoms with Crippen molar-refractivity contribution in [3.8, 4) is 17.6 Å². The number of hydrogen-bond donors (Lipinski definition) is 1. The summed E-state index contributed by atoms with van der Waals surface area (Å²) in [7, 11) is 1.50. The van der Waals surface area contributed by atoms with Crippen LogP contribution in [0.4, 0.5) is 0 Å². The molecule has 0 saturated carbocycles. The van der Waals surface area contributed by atoms with Crippen LogP contribution in [0, 0.1) is 11.3 Å². The highest BCUT2D eigenvalue weighted by Crippen LogP contribution is 2.36. The number of nitriles is 1. The van der Waals surface area contributed by atoms with Crippen LogP contribution < -0.4 is 4.74 Å². The van der Waals surface area contributed by atoms with Crippen molar-refractivity contribution in [2.75, 3.05) is 7.11 Å². The van der Waals surface area contributed by atoms with Crippen LogP contribution >= 0.6 is 15.9 Å². The molecule has 3 nitrogen and oxygen atoms in total. The fourth-order valence-corrected chi connectivity index (χ4v) is 1.66. The van der Waals surface area contributed by atoms with Gasteiger partial charge in [0.25, 0.3) is 0 Å². The Morgan fingerprint density at radius 3 is 2.86 bits per heavy atom. The molecular weight excluding hydrogens is 246 g/mol. The predicted octanol–water partition coefficient (Wildman–Crippen LogP) is 2.62. The molecule has 0 amide bonds. The number of methoxy groups -OCH3 is 1. The molecule has 0 bridgehead atoms. The van der Waals surface area contributed by atoms with Crippen molar-refractivity contribution in [1.82, 2.24) is 0 Å². The first-order valence-electron chi connectivity index (χ1n) is 4.12. The molecular formula is C10H10BrNO2. The highest BCUT2D eigenvalue weighted by atomic mass is 79.9. The fraction of sp³-hybridized carbons (Fsp3) is 0.300. The van der Waals surface area contributed by atoms with Crippen LogP contribution in [-0.4, -0.2) is 12.2 Å². The molecule has 0 spiro atoms. The molecule has 0 heterocycles. The van der Waals surface area contributed by atoms with Gasteiger partial charge in [0.15, 0.2) is 11.5 Å². The van der Waals surface area contributed by atoms with Gasteiger partial charge in [-0.05, 0) is 34.0 Å². The lowest BCUT2D eigenvalue weighted by molar-refractivity contribution is 0.371. The summed E-state index contributed by atoms with van der Waals surface area (Å²) in [5, 5.41) is 18.1. The highest BCUT2D eigenvalue weighted by Gasteiger charge is 2.09. The standard InChI is InChI=1S/C10H10BrNO2/c1-14-8-5-4-7(3-2-6-12)9(11)10(8)13/h4-5,13H,2-3H2,1H3. The van der Waals surface area contributed by atoms with Gasteiger partial charge >= 0.3 is 0 Å². The molecule has 1 N–H and O–H groups in total. The molecule has 0 radical (unpaired) electrons. The summed E-state index contributed by atoms with van der Waals surface area (Å²) in [6.45, 7) is 0. The minimum Gasteiger partial charge on any atom is -0.503 e. The highest BCUT2D eigenvalue weighted by molar-refractivity contribution is 9.10. The fourth-order valence-electron chi connectivity index (χ4n) is 1.14. The molecule has 1 rings (SSSR count). The average Bonchev–Trinajstić information content (AvgIpc) is 2.20. The number of nitrogens with zero attached hydrogens (tertiary/aromatic N) is 1. The predicted molar refractivity (Wildman–Crippen MR) is 56.3 cm³/mol. The minimum atomic E-state index is 0.0861. The van der Waals surface area contributed by atoms with Crippen LogP contribution in [0.2, 0.25) is 0 Å². The van der Waals surface area contributed by atoms with Crippen molar-refractivity contribution in [3.05, 3.63) is 22.2 Å². The van der Waals surface area contributed by atoms with Gasteiger partial charge in [-0.15, -0.1) is 0 Å². The summed E-state index contributed by atoms with van der Waals surface area (Å²) in [5.74, 6) is 0.514. The van der Waals surface area contributed by atoms with Crippen LogP contribution in [0.25, 0.3) is 0 Å². The van der Waals surface area contributed by atoms with E-state index < -0.39 is 0 Å². The maximum Gasteiger partial charge on any atom is 0.172 e. The van der Waals surface area contributed by atoms with Crippen molar-refractivity contribution in [2.45, 2.75) is 12.8 Å². The Hall–Kier alpha value is -1.21. The third-order valence-corrected chi connectivity index (χ3v) is 2.77. The lowest BCUT2D eigenvalue weighted by Crippen LogP contribution is -1.90. The molecule has 0 aliphatic heterocycles. The van der Waals surface area contributed by atoms with Crippen LogP contribution in [0.5, 0.6) is 11.5 Å². The lowest BCUT2D eigenvalue weighted by Gasteiger charge is -2.08. The van der Waals surface area contributed by atoms with E-state index in [0.717, 1.165) is 5.56 Å². The van der Waals surface area contributed by atoms with E-state index in [-0.39, 0.29) is 5.75 Å². The normalized spacial score (nSPS) is 9.50. The molecule has 74 valence electrons. The summed E-state index contributed by atoms with van der Waals surface area (Å²) in [4.78, 5) is 0. The number of phenolic OH excluding ortho intramolecular Hbond substituents is 1. The van der Waals surface area contributed by atoms with Gasteiger partial charge in [-0.2, -0.15) is 5.26 Å². The molecule has 1 aromatic rings. The maximum atomic E-state index is 9.62. The van der Waals surface area contributed by atoms with Crippen molar-refractivity contribution in [2.24, 2.45) is 0 Å². The Morgan fingerprint density at radius 2 is 2.29 bits per heavy atom. The lowest BCUT2D eigenvalue weighted by atomic mass is 10.1. The Labute approximate surface area is 91.1 Å². The first-order chi connectivity index (χ1) is 6.70. The zero-order valence-corrected chi connectivity index (χ0v) is 9.34. The van der Waals surface area contributed by atoms with Crippen LogP contribution in [0.1, 0.15) is 12.0 Å². The van der Waals surface area contributed by atoms with Crippen molar-refractivity contribution in [1.29, 1.82) is 5.26 Å². The molecule has 14 heavy (non-hydrogen) atoms. The van der Waals surface area contributed by atoms with E-state index in [0.29, 0.717) is 23.1 Å². The quantitative estimate of drug-likeness (QED) is 0.904. The number of rotatable bonds is 3. The number of aryl methyl sites for hydroxylation is 1. The average molecular weight is 256 g/mol. The largest absolute Gasteiger partial charge is 0.503 e. The van der Waals surface area contributed by atoms with E-state index in [1.807, 2.05) is 6.07 Å². The van der Waals surface area contributed by atoms with Gasteiger partial charge in [0.1, 0.15) is 0 Å². The maximum absolute atomic E-state index is 9.62. The molecule has 0 atom stereocenters. The summed E-state index contributed by atoms with van der Waals surface area (Å²) >= 11 is 3.26. The van der Waals surface area contributed by atoms with Gasteiger partial charge in [0.05, 0.1) is 17.7 Å². The van der Waals surface area contributed by atoms with Crippen LogP contribution in [0.3, 0.4) is 0 Å². The van der Waals surface area contributed by atoms with E-state index in [1.54, 1.807) is 6.07 Å². The van der Waals surface area contributed by atoms with E-state index in [2.05, 4.69) is 22.0 Å². The van der Waals surface area contributed by atoms with Gasteiger partial charge in [-0.25, -0.2) is 0 Å². The molecule has 1 aromatic carbocycles. The number of phenols is 1. The summed E-state index contributed by atoms with van der Waals surface area (Å²) in [6, 6.07) is 5.58. The van der Waals surface area contributed by atoms with Gasteiger partial charge in [-0.3, -0.25) is 0 Å². The third kappa shape index (κ3) is 2.18. The van der Waals surface area contributed by atoms with E-state index in [4.69, 9.17) is 10.00 Å². The molecule has 0 fully saturated rings. The molecule has 0 unspecified atom stereocenters. The molecule has 0 aromatic heterocycles. The summed E-state index contributed by atoms with van der Waals surface area (Å²) in [6.07, 6.45) is 1.05. The van der Waals surface area contributed by atoms with Gasteiger partial charge < -0.3 is 9.84 Å². The van der Waals surface area contributed by atoms with Gasteiger partial charge in [0, 0.05) is 6.42 Å².